The van der Waals surface area contributed by atoms with Gasteiger partial charge >= 0.3 is 0 Å². The number of rotatable bonds is 0. The third-order valence-electron chi connectivity index (χ3n) is 1.98. The Morgan fingerprint density at radius 1 is 1.36 bits per heavy atom. The van der Waals surface area contributed by atoms with Gasteiger partial charge in [0, 0.05) is 0 Å². The van der Waals surface area contributed by atoms with Crippen LogP contribution in [-0.2, 0) is 4.79 Å². The van der Waals surface area contributed by atoms with E-state index in [-0.39, 0.29) is 17.1 Å². The van der Waals surface area contributed by atoms with E-state index in [0.29, 0.717) is 6.42 Å². The summed E-state index contributed by atoms with van der Waals surface area (Å²) in [7, 11) is 0. The second kappa shape index (κ2) is 3.51. The number of Topliss-reactive ketones (excluding diaryl/α,β-unsaturated/α-hetero) is 1. The van der Waals surface area contributed by atoms with Crippen LogP contribution < -0.4 is 0 Å². The predicted octanol–water partition coefficient (Wildman–Crippen LogP) is 2.42. The molecular weight excluding hydrogens is 206 g/mol. The molecule has 0 saturated heterocycles. The highest BCUT2D eigenvalue weighted by molar-refractivity contribution is 6.44. The number of carbonyl (C=O) groups excluding carboxylic acids is 1. The molecule has 1 saturated carbocycles. The molecule has 1 aliphatic rings. The van der Waals surface area contributed by atoms with Crippen molar-refractivity contribution in [3.05, 3.63) is 0 Å². The van der Waals surface area contributed by atoms with Crippen molar-refractivity contribution in [3.8, 4) is 0 Å². The predicted molar refractivity (Wildman–Crippen MR) is 47.7 cm³/mol. The number of carbonyl (C=O) groups is 1. The lowest BCUT2D eigenvalue weighted by Crippen LogP contribution is -2.42. The molecular formula is C7H9Cl3O. The van der Waals surface area contributed by atoms with E-state index >= 15 is 0 Å². The molecule has 0 aliphatic heterocycles. The zero-order valence-electron chi connectivity index (χ0n) is 6.06. The van der Waals surface area contributed by atoms with Gasteiger partial charge in [0.15, 0.2) is 5.78 Å². The van der Waals surface area contributed by atoms with Crippen LogP contribution in [0.2, 0.25) is 0 Å². The summed E-state index contributed by atoms with van der Waals surface area (Å²) in [5.41, 5.74) is 0. The van der Waals surface area contributed by atoms with Crippen LogP contribution in [-0.4, -0.2) is 21.9 Å². The van der Waals surface area contributed by atoms with Crippen molar-refractivity contribution in [2.75, 3.05) is 0 Å². The van der Waals surface area contributed by atoms with Crippen molar-refractivity contribution in [2.45, 2.75) is 29.5 Å². The lowest BCUT2D eigenvalue weighted by molar-refractivity contribution is -0.120. The second-order valence-electron chi connectivity index (χ2n) is 2.93. The van der Waals surface area contributed by atoms with Crippen molar-refractivity contribution in [3.63, 3.8) is 0 Å². The van der Waals surface area contributed by atoms with Gasteiger partial charge in [-0.05, 0) is 12.3 Å². The Kier molecular flexibility index (Phi) is 3.07. The van der Waals surface area contributed by atoms with E-state index in [1.165, 1.54) is 0 Å². The van der Waals surface area contributed by atoms with Crippen LogP contribution in [0.4, 0.5) is 0 Å². The van der Waals surface area contributed by atoms with E-state index in [2.05, 4.69) is 0 Å². The highest BCUT2D eigenvalue weighted by atomic mass is 35.5. The SMILES string of the molecule is CC1CC(Cl)C(=O)C(Cl)C1Cl. The van der Waals surface area contributed by atoms with Gasteiger partial charge in [0.25, 0.3) is 0 Å². The lowest BCUT2D eigenvalue weighted by Gasteiger charge is -2.29. The van der Waals surface area contributed by atoms with Crippen LogP contribution in [0.25, 0.3) is 0 Å². The third kappa shape index (κ3) is 1.82. The number of ketones is 1. The molecule has 0 aromatic carbocycles. The average Bonchev–Trinajstić information content (AvgIpc) is 1.97. The largest absolute Gasteiger partial charge is 0.296 e. The zero-order valence-corrected chi connectivity index (χ0v) is 8.33. The maximum Gasteiger partial charge on any atom is 0.169 e. The van der Waals surface area contributed by atoms with Crippen LogP contribution in [0.5, 0.6) is 0 Å². The Balaban J connectivity index is 2.70. The first-order valence-corrected chi connectivity index (χ1v) is 4.81. The van der Waals surface area contributed by atoms with Crippen LogP contribution in [0.3, 0.4) is 0 Å². The summed E-state index contributed by atoms with van der Waals surface area (Å²) in [4.78, 5) is 11.1. The Morgan fingerprint density at radius 3 is 2.45 bits per heavy atom. The summed E-state index contributed by atoms with van der Waals surface area (Å²) >= 11 is 17.3. The molecule has 4 unspecified atom stereocenters. The fourth-order valence-electron chi connectivity index (χ4n) is 1.19. The standard InChI is InChI=1S/C7H9Cl3O/c1-3-2-4(8)7(11)6(10)5(3)9/h3-6H,2H2,1H3. The molecule has 0 aromatic rings. The minimum atomic E-state index is -0.608. The minimum Gasteiger partial charge on any atom is -0.296 e. The third-order valence-corrected chi connectivity index (χ3v) is 3.67. The topological polar surface area (TPSA) is 17.1 Å². The molecule has 1 rings (SSSR count). The Morgan fingerprint density at radius 2 is 1.91 bits per heavy atom. The lowest BCUT2D eigenvalue weighted by atomic mass is 9.88. The maximum atomic E-state index is 11.1. The summed E-state index contributed by atoms with van der Waals surface area (Å²) in [6.07, 6.45) is 0.637. The molecule has 0 N–H and O–H groups in total. The molecule has 0 aromatic heterocycles. The first-order valence-electron chi connectivity index (χ1n) is 3.50. The summed E-state index contributed by atoms with van der Waals surface area (Å²) in [6.45, 7) is 1.95. The van der Waals surface area contributed by atoms with Gasteiger partial charge in [0.05, 0.1) is 10.8 Å². The molecule has 4 heteroatoms. The van der Waals surface area contributed by atoms with Gasteiger partial charge in [-0.2, -0.15) is 0 Å². The highest BCUT2D eigenvalue weighted by Crippen LogP contribution is 2.32. The van der Waals surface area contributed by atoms with E-state index in [1.54, 1.807) is 0 Å². The molecule has 1 nitrogen and oxygen atoms in total. The number of hydrogen-bond acceptors (Lipinski definition) is 1. The first kappa shape index (κ1) is 9.63. The summed E-state index contributed by atoms with van der Waals surface area (Å²) in [6, 6.07) is 0. The summed E-state index contributed by atoms with van der Waals surface area (Å²) < 4.78 is 0. The monoisotopic (exact) mass is 214 g/mol. The van der Waals surface area contributed by atoms with Gasteiger partial charge in [-0.15, -0.1) is 34.8 Å². The maximum absolute atomic E-state index is 11.1. The van der Waals surface area contributed by atoms with Gasteiger partial charge in [-0.25, -0.2) is 0 Å². The van der Waals surface area contributed by atoms with Crippen molar-refractivity contribution in [2.24, 2.45) is 5.92 Å². The molecule has 0 radical (unpaired) electrons. The summed E-state index contributed by atoms with van der Waals surface area (Å²) in [5.74, 6) is 0.0887. The van der Waals surface area contributed by atoms with E-state index in [1.807, 2.05) is 6.92 Å². The molecule has 0 bridgehead atoms. The van der Waals surface area contributed by atoms with Gasteiger partial charge in [-0.3, -0.25) is 4.79 Å². The quantitative estimate of drug-likeness (QED) is 0.567. The second-order valence-corrected chi connectivity index (χ2v) is 4.43. The van der Waals surface area contributed by atoms with Gasteiger partial charge in [-0.1, -0.05) is 6.92 Å². The zero-order chi connectivity index (χ0) is 8.59. The number of alkyl halides is 3. The van der Waals surface area contributed by atoms with E-state index < -0.39 is 10.8 Å². The Hall–Kier alpha value is 0.540. The molecule has 11 heavy (non-hydrogen) atoms. The number of hydrogen-bond donors (Lipinski definition) is 0. The van der Waals surface area contributed by atoms with Crippen molar-refractivity contribution >= 4 is 40.6 Å². The fourth-order valence-corrected chi connectivity index (χ4v) is 2.30. The number of halogens is 3. The molecule has 4 atom stereocenters. The molecule has 0 heterocycles. The van der Waals surface area contributed by atoms with Gasteiger partial charge in [0.1, 0.15) is 5.38 Å². The van der Waals surface area contributed by atoms with Crippen molar-refractivity contribution < 1.29 is 4.79 Å². The van der Waals surface area contributed by atoms with E-state index in [4.69, 9.17) is 34.8 Å². The highest BCUT2D eigenvalue weighted by Gasteiger charge is 2.39. The van der Waals surface area contributed by atoms with Crippen LogP contribution in [0.15, 0.2) is 0 Å². The molecule has 1 fully saturated rings. The Bertz CT molecular complexity index is 171. The van der Waals surface area contributed by atoms with Gasteiger partial charge < -0.3 is 0 Å². The molecule has 0 amide bonds. The molecule has 1 aliphatic carbocycles. The van der Waals surface area contributed by atoms with Crippen LogP contribution in [0.1, 0.15) is 13.3 Å². The van der Waals surface area contributed by atoms with E-state index in [0.717, 1.165) is 0 Å². The molecule has 0 spiro atoms. The average molecular weight is 216 g/mol. The Labute approximate surface area is 81.0 Å². The van der Waals surface area contributed by atoms with Crippen LogP contribution >= 0.6 is 34.8 Å². The van der Waals surface area contributed by atoms with E-state index in [9.17, 15) is 4.79 Å². The molecule has 64 valence electrons. The summed E-state index contributed by atoms with van der Waals surface area (Å²) in [5, 5.41) is -1.32. The first-order chi connectivity index (χ1) is 5.04. The smallest absolute Gasteiger partial charge is 0.169 e. The fraction of sp³-hybridized carbons (Fsp3) is 0.857. The van der Waals surface area contributed by atoms with Crippen LogP contribution in [0, 0.1) is 5.92 Å². The van der Waals surface area contributed by atoms with Gasteiger partial charge in [0.2, 0.25) is 0 Å². The van der Waals surface area contributed by atoms with Crippen molar-refractivity contribution in [1.29, 1.82) is 0 Å². The normalized spacial score (nSPS) is 46.0. The van der Waals surface area contributed by atoms with Crippen molar-refractivity contribution in [1.82, 2.24) is 0 Å². The minimum absolute atomic E-state index is 0.133.